The molecule has 0 aromatic heterocycles. The molecule has 0 saturated heterocycles. The van der Waals surface area contributed by atoms with Crippen molar-refractivity contribution in [2.45, 2.75) is 0 Å². The predicted molar refractivity (Wildman–Crippen MR) is 117 cm³/mol. The number of hydrogen-bond donors (Lipinski definition) is 0. The Kier molecular flexibility index (Phi) is 5.26. The highest BCUT2D eigenvalue weighted by molar-refractivity contribution is 6.07. The third kappa shape index (κ3) is 4.16. The van der Waals surface area contributed by atoms with Gasteiger partial charge in [-0.05, 0) is 33.9 Å². The molecule has 28 heavy (non-hydrogen) atoms. The van der Waals surface area contributed by atoms with Crippen LogP contribution in [-0.4, -0.2) is 5.78 Å². The fourth-order valence-electron chi connectivity index (χ4n) is 3.14. The standard InChI is InChI=1S/C27H20O/c28-27(26-18-16-25(17-19-26)23-9-5-2-6-10-23)20-13-21-11-14-24(15-12-21)22-7-3-1-4-8-22/h1-20H. The first-order valence-corrected chi connectivity index (χ1v) is 9.33. The van der Waals surface area contributed by atoms with Gasteiger partial charge in [0.1, 0.15) is 0 Å². The van der Waals surface area contributed by atoms with E-state index >= 15 is 0 Å². The molecule has 0 radical (unpaired) electrons. The van der Waals surface area contributed by atoms with Crippen LogP contribution in [0.15, 0.2) is 115 Å². The molecule has 0 aliphatic heterocycles. The minimum absolute atomic E-state index is 0.00625. The maximum absolute atomic E-state index is 12.5. The van der Waals surface area contributed by atoms with Gasteiger partial charge in [0, 0.05) is 5.56 Å². The maximum Gasteiger partial charge on any atom is 0.185 e. The Morgan fingerprint density at radius 3 is 1.43 bits per heavy atom. The quantitative estimate of drug-likeness (QED) is 0.279. The first-order chi connectivity index (χ1) is 13.8. The van der Waals surface area contributed by atoms with Crippen molar-refractivity contribution in [3.05, 3.63) is 126 Å². The Labute approximate surface area is 165 Å². The summed E-state index contributed by atoms with van der Waals surface area (Å²) in [5, 5.41) is 0. The number of hydrogen-bond acceptors (Lipinski definition) is 1. The van der Waals surface area contributed by atoms with Crippen LogP contribution in [0.3, 0.4) is 0 Å². The van der Waals surface area contributed by atoms with Crippen LogP contribution in [0, 0.1) is 0 Å². The third-order valence-electron chi connectivity index (χ3n) is 4.72. The molecule has 1 nitrogen and oxygen atoms in total. The molecule has 0 spiro atoms. The number of allylic oxidation sites excluding steroid dienone is 1. The normalized spacial score (nSPS) is 10.9. The Balaban J connectivity index is 1.45. The number of carbonyl (C=O) groups is 1. The summed E-state index contributed by atoms with van der Waals surface area (Å²) in [5.41, 5.74) is 6.31. The van der Waals surface area contributed by atoms with E-state index in [0.717, 1.165) is 16.7 Å². The van der Waals surface area contributed by atoms with E-state index in [1.54, 1.807) is 6.08 Å². The van der Waals surface area contributed by atoms with E-state index in [4.69, 9.17) is 0 Å². The molecule has 4 aromatic rings. The summed E-state index contributed by atoms with van der Waals surface area (Å²) >= 11 is 0. The highest BCUT2D eigenvalue weighted by Gasteiger charge is 2.03. The van der Waals surface area contributed by atoms with Crippen molar-refractivity contribution in [2.75, 3.05) is 0 Å². The molecular weight excluding hydrogens is 340 g/mol. The van der Waals surface area contributed by atoms with E-state index in [1.807, 2.05) is 78.9 Å². The molecule has 0 saturated carbocycles. The maximum atomic E-state index is 12.5. The van der Waals surface area contributed by atoms with Gasteiger partial charge < -0.3 is 0 Å². The number of benzene rings is 4. The van der Waals surface area contributed by atoms with E-state index in [0.29, 0.717) is 5.56 Å². The van der Waals surface area contributed by atoms with Crippen molar-refractivity contribution >= 4 is 11.9 Å². The average molecular weight is 360 g/mol. The van der Waals surface area contributed by atoms with E-state index in [-0.39, 0.29) is 5.78 Å². The van der Waals surface area contributed by atoms with Crippen molar-refractivity contribution in [2.24, 2.45) is 0 Å². The number of carbonyl (C=O) groups excluding carboxylic acids is 1. The molecule has 0 amide bonds. The number of ketones is 1. The first kappa shape index (κ1) is 17.7. The predicted octanol–water partition coefficient (Wildman–Crippen LogP) is 6.92. The van der Waals surface area contributed by atoms with Crippen LogP contribution in [0.4, 0.5) is 0 Å². The summed E-state index contributed by atoms with van der Waals surface area (Å²) in [6.07, 6.45) is 3.50. The molecule has 134 valence electrons. The summed E-state index contributed by atoms with van der Waals surface area (Å²) in [4.78, 5) is 12.5. The fraction of sp³-hybridized carbons (Fsp3) is 0. The van der Waals surface area contributed by atoms with Crippen LogP contribution in [0.5, 0.6) is 0 Å². The molecule has 0 fully saturated rings. The van der Waals surface area contributed by atoms with Gasteiger partial charge in [0.05, 0.1) is 0 Å². The molecule has 0 unspecified atom stereocenters. The molecule has 1 heteroatoms. The van der Waals surface area contributed by atoms with E-state index in [9.17, 15) is 4.79 Å². The van der Waals surface area contributed by atoms with Gasteiger partial charge in [-0.15, -0.1) is 0 Å². The Morgan fingerprint density at radius 1 is 0.500 bits per heavy atom. The smallest absolute Gasteiger partial charge is 0.185 e. The Bertz CT molecular complexity index is 1070. The lowest BCUT2D eigenvalue weighted by Gasteiger charge is -2.03. The van der Waals surface area contributed by atoms with Gasteiger partial charge in [-0.3, -0.25) is 4.79 Å². The second-order valence-electron chi connectivity index (χ2n) is 6.63. The summed E-state index contributed by atoms with van der Waals surface area (Å²) in [6, 6.07) is 36.4. The summed E-state index contributed by atoms with van der Waals surface area (Å²) in [5.74, 6) is 0.00625. The Morgan fingerprint density at radius 2 is 0.929 bits per heavy atom. The van der Waals surface area contributed by atoms with Gasteiger partial charge in [0.25, 0.3) is 0 Å². The number of rotatable bonds is 5. The van der Waals surface area contributed by atoms with Crippen LogP contribution in [0.2, 0.25) is 0 Å². The highest BCUT2D eigenvalue weighted by atomic mass is 16.1. The van der Waals surface area contributed by atoms with Crippen molar-refractivity contribution in [3.8, 4) is 22.3 Å². The molecule has 0 N–H and O–H groups in total. The zero-order valence-electron chi connectivity index (χ0n) is 15.5. The molecule has 4 rings (SSSR count). The third-order valence-corrected chi connectivity index (χ3v) is 4.72. The van der Waals surface area contributed by atoms with Gasteiger partial charge in [0.15, 0.2) is 5.78 Å². The van der Waals surface area contributed by atoms with Crippen LogP contribution >= 0.6 is 0 Å². The van der Waals surface area contributed by atoms with Gasteiger partial charge in [-0.1, -0.05) is 115 Å². The second kappa shape index (κ2) is 8.32. The molecule has 0 bridgehead atoms. The Hall–Kier alpha value is -3.71. The lowest BCUT2D eigenvalue weighted by atomic mass is 10.0. The lowest BCUT2D eigenvalue weighted by molar-refractivity contribution is 0.104. The average Bonchev–Trinajstić information content (AvgIpc) is 2.79. The lowest BCUT2D eigenvalue weighted by Crippen LogP contribution is -1.93. The van der Waals surface area contributed by atoms with Crippen molar-refractivity contribution in [1.29, 1.82) is 0 Å². The molecule has 0 aliphatic carbocycles. The van der Waals surface area contributed by atoms with Gasteiger partial charge in [-0.2, -0.15) is 0 Å². The van der Waals surface area contributed by atoms with Crippen LogP contribution in [-0.2, 0) is 0 Å². The van der Waals surface area contributed by atoms with E-state index in [2.05, 4.69) is 36.4 Å². The minimum atomic E-state index is 0.00625. The van der Waals surface area contributed by atoms with Crippen molar-refractivity contribution < 1.29 is 4.79 Å². The summed E-state index contributed by atoms with van der Waals surface area (Å²) in [7, 11) is 0. The summed E-state index contributed by atoms with van der Waals surface area (Å²) in [6.45, 7) is 0. The van der Waals surface area contributed by atoms with Gasteiger partial charge in [0.2, 0.25) is 0 Å². The van der Waals surface area contributed by atoms with Crippen LogP contribution in [0.25, 0.3) is 28.3 Å². The van der Waals surface area contributed by atoms with Crippen LogP contribution in [0.1, 0.15) is 15.9 Å². The first-order valence-electron chi connectivity index (χ1n) is 9.33. The molecule has 0 aliphatic rings. The zero-order valence-corrected chi connectivity index (χ0v) is 15.5. The molecule has 4 aromatic carbocycles. The molecule has 0 heterocycles. The monoisotopic (exact) mass is 360 g/mol. The fourth-order valence-corrected chi connectivity index (χ4v) is 3.14. The largest absolute Gasteiger partial charge is 0.289 e. The SMILES string of the molecule is O=C(C=Cc1ccc(-c2ccccc2)cc1)c1ccc(-c2ccccc2)cc1. The topological polar surface area (TPSA) is 17.1 Å². The zero-order chi connectivity index (χ0) is 19.2. The van der Waals surface area contributed by atoms with Gasteiger partial charge >= 0.3 is 0 Å². The van der Waals surface area contributed by atoms with E-state index in [1.165, 1.54) is 11.1 Å². The molecular formula is C27H20O. The van der Waals surface area contributed by atoms with Crippen molar-refractivity contribution in [3.63, 3.8) is 0 Å². The summed E-state index contributed by atoms with van der Waals surface area (Å²) < 4.78 is 0. The van der Waals surface area contributed by atoms with Crippen LogP contribution < -0.4 is 0 Å². The highest BCUT2D eigenvalue weighted by Crippen LogP contribution is 2.21. The van der Waals surface area contributed by atoms with E-state index < -0.39 is 0 Å². The van der Waals surface area contributed by atoms with Gasteiger partial charge in [-0.25, -0.2) is 0 Å². The minimum Gasteiger partial charge on any atom is -0.289 e. The molecule has 0 atom stereocenters. The second-order valence-corrected chi connectivity index (χ2v) is 6.63. The van der Waals surface area contributed by atoms with Crippen molar-refractivity contribution in [1.82, 2.24) is 0 Å².